The van der Waals surface area contributed by atoms with Crippen molar-refractivity contribution < 1.29 is 14.3 Å². The Kier molecular flexibility index (Phi) is 7.56. The van der Waals surface area contributed by atoms with Gasteiger partial charge in [-0.05, 0) is 42.0 Å². The predicted molar refractivity (Wildman–Crippen MR) is 131 cm³/mol. The predicted octanol–water partition coefficient (Wildman–Crippen LogP) is 4.31. The van der Waals surface area contributed by atoms with Gasteiger partial charge >= 0.3 is 6.03 Å². The van der Waals surface area contributed by atoms with Crippen molar-refractivity contribution >= 4 is 29.4 Å². The van der Waals surface area contributed by atoms with Crippen molar-refractivity contribution in [1.29, 1.82) is 0 Å². The minimum Gasteiger partial charge on any atom is -0.497 e. The number of hydrogen-bond acceptors (Lipinski definition) is 6. The number of hydrogen-bond donors (Lipinski definition) is 2. The molecule has 3 aromatic carbocycles. The van der Waals surface area contributed by atoms with E-state index in [1.54, 1.807) is 31.4 Å². The number of anilines is 1. The zero-order chi connectivity index (χ0) is 23.8. The van der Waals surface area contributed by atoms with Crippen LogP contribution in [-0.2, 0) is 11.2 Å². The van der Waals surface area contributed by atoms with Gasteiger partial charge in [0.2, 0.25) is 5.91 Å². The van der Waals surface area contributed by atoms with Crippen LogP contribution in [0.1, 0.15) is 11.4 Å². The van der Waals surface area contributed by atoms with E-state index >= 15 is 0 Å². The molecule has 1 aromatic heterocycles. The Labute approximate surface area is 201 Å². The number of urea groups is 1. The summed E-state index contributed by atoms with van der Waals surface area (Å²) >= 11 is 1.22. The number of aromatic nitrogens is 3. The van der Waals surface area contributed by atoms with E-state index in [0.717, 1.165) is 17.1 Å². The first-order valence-electron chi connectivity index (χ1n) is 10.5. The second-order valence-electron chi connectivity index (χ2n) is 7.25. The Morgan fingerprint density at radius 2 is 1.59 bits per heavy atom. The van der Waals surface area contributed by atoms with Crippen molar-refractivity contribution in [2.24, 2.45) is 0 Å². The van der Waals surface area contributed by atoms with E-state index < -0.39 is 11.9 Å². The smallest absolute Gasteiger partial charge is 0.325 e. The van der Waals surface area contributed by atoms with E-state index in [1.807, 2.05) is 65.2 Å². The van der Waals surface area contributed by atoms with Gasteiger partial charge in [0.25, 0.3) is 0 Å². The highest BCUT2D eigenvalue weighted by molar-refractivity contribution is 7.99. The molecule has 4 rings (SSSR count). The summed E-state index contributed by atoms with van der Waals surface area (Å²) in [7, 11) is 1.56. The lowest BCUT2D eigenvalue weighted by molar-refractivity contribution is -0.117. The van der Waals surface area contributed by atoms with Gasteiger partial charge in [0, 0.05) is 17.8 Å². The van der Waals surface area contributed by atoms with Crippen molar-refractivity contribution in [1.82, 2.24) is 20.1 Å². The highest BCUT2D eigenvalue weighted by Crippen LogP contribution is 2.23. The fourth-order valence-electron chi connectivity index (χ4n) is 3.25. The lowest BCUT2D eigenvalue weighted by Crippen LogP contribution is -2.35. The largest absolute Gasteiger partial charge is 0.497 e. The summed E-state index contributed by atoms with van der Waals surface area (Å²) in [4.78, 5) is 24.6. The molecular formula is C25H23N5O3S. The van der Waals surface area contributed by atoms with E-state index in [4.69, 9.17) is 4.74 Å². The zero-order valence-corrected chi connectivity index (χ0v) is 19.3. The number of para-hydroxylation sites is 1. The minimum atomic E-state index is -0.606. The van der Waals surface area contributed by atoms with Crippen LogP contribution in [0.5, 0.6) is 5.75 Å². The summed E-state index contributed by atoms with van der Waals surface area (Å²) in [5.74, 6) is 1.00. The van der Waals surface area contributed by atoms with Crippen LogP contribution >= 0.6 is 11.8 Å². The van der Waals surface area contributed by atoms with Crippen LogP contribution in [0.25, 0.3) is 5.69 Å². The lowest BCUT2D eigenvalue weighted by atomic mass is 10.1. The summed E-state index contributed by atoms with van der Waals surface area (Å²) in [6.45, 7) is 0. The number of ether oxygens (including phenoxy) is 1. The number of rotatable bonds is 8. The molecule has 0 saturated carbocycles. The SMILES string of the molecule is COc1ccc(NC(=O)NC(=O)CSc2nnc(Cc3ccccc3)n2-c2ccccc2)cc1. The van der Waals surface area contributed by atoms with Crippen LogP contribution in [0.4, 0.5) is 10.5 Å². The maximum Gasteiger partial charge on any atom is 0.325 e. The molecule has 0 aliphatic heterocycles. The number of nitrogens with one attached hydrogen (secondary N) is 2. The standard InChI is InChI=1S/C25H23N5O3S/c1-33-21-14-12-19(13-15-21)26-24(32)27-23(31)17-34-25-29-28-22(16-18-8-4-2-5-9-18)30(25)20-10-6-3-7-11-20/h2-15H,16-17H2,1H3,(H2,26,27,31,32). The molecule has 0 aliphatic rings. The van der Waals surface area contributed by atoms with Crippen molar-refractivity contribution in [3.05, 3.63) is 96.3 Å². The molecule has 1 heterocycles. The minimum absolute atomic E-state index is 0.00629. The molecule has 34 heavy (non-hydrogen) atoms. The topological polar surface area (TPSA) is 98.1 Å². The maximum atomic E-state index is 12.4. The normalized spacial score (nSPS) is 10.5. The third kappa shape index (κ3) is 6.02. The molecule has 8 nitrogen and oxygen atoms in total. The third-order valence-electron chi connectivity index (χ3n) is 4.85. The number of carbonyl (C=O) groups excluding carboxylic acids is 2. The van der Waals surface area contributed by atoms with E-state index in [0.29, 0.717) is 23.0 Å². The van der Waals surface area contributed by atoms with Crippen LogP contribution < -0.4 is 15.4 Å². The molecule has 3 amide bonds. The molecule has 9 heteroatoms. The number of amides is 3. The molecule has 0 aliphatic carbocycles. The van der Waals surface area contributed by atoms with E-state index in [2.05, 4.69) is 20.8 Å². The molecule has 0 unspecified atom stereocenters. The van der Waals surface area contributed by atoms with Crippen molar-refractivity contribution in [2.45, 2.75) is 11.6 Å². The van der Waals surface area contributed by atoms with Crippen molar-refractivity contribution in [3.63, 3.8) is 0 Å². The van der Waals surface area contributed by atoms with Gasteiger partial charge in [-0.3, -0.25) is 14.7 Å². The quantitative estimate of drug-likeness (QED) is 0.370. The summed E-state index contributed by atoms with van der Waals surface area (Å²) in [5, 5.41) is 14.2. The van der Waals surface area contributed by atoms with E-state index in [1.165, 1.54) is 11.8 Å². The Bertz CT molecular complexity index is 1240. The Balaban J connectivity index is 1.41. The van der Waals surface area contributed by atoms with Crippen molar-refractivity contribution in [3.8, 4) is 11.4 Å². The molecule has 0 fully saturated rings. The molecule has 172 valence electrons. The van der Waals surface area contributed by atoms with Gasteiger partial charge in [-0.1, -0.05) is 60.3 Å². The molecule has 0 atom stereocenters. The van der Waals surface area contributed by atoms with E-state index in [9.17, 15) is 9.59 Å². The second-order valence-corrected chi connectivity index (χ2v) is 8.19. The molecule has 0 radical (unpaired) electrons. The van der Waals surface area contributed by atoms with Gasteiger partial charge in [0.05, 0.1) is 12.9 Å². The summed E-state index contributed by atoms with van der Waals surface area (Å²) in [6, 6.07) is 25.9. The second kappa shape index (κ2) is 11.2. The summed E-state index contributed by atoms with van der Waals surface area (Å²) in [5.41, 5.74) is 2.56. The van der Waals surface area contributed by atoms with Crippen LogP contribution in [-0.4, -0.2) is 39.6 Å². The monoisotopic (exact) mass is 473 g/mol. The van der Waals surface area contributed by atoms with Gasteiger partial charge < -0.3 is 10.1 Å². The third-order valence-corrected chi connectivity index (χ3v) is 5.78. The number of thioether (sulfide) groups is 1. The highest BCUT2D eigenvalue weighted by Gasteiger charge is 2.17. The number of nitrogens with zero attached hydrogens (tertiary/aromatic N) is 3. The lowest BCUT2D eigenvalue weighted by Gasteiger charge is -2.10. The number of carbonyl (C=O) groups is 2. The first-order valence-corrected chi connectivity index (χ1v) is 11.5. The fraction of sp³-hybridized carbons (Fsp3) is 0.120. The highest BCUT2D eigenvalue weighted by atomic mass is 32.2. The Morgan fingerprint density at radius 3 is 2.26 bits per heavy atom. The Hall–Kier alpha value is -4.11. The summed E-state index contributed by atoms with van der Waals surface area (Å²) in [6.07, 6.45) is 0.597. The van der Waals surface area contributed by atoms with Gasteiger partial charge in [-0.15, -0.1) is 10.2 Å². The van der Waals surface area contributed by atoms with Gasteiger partial charge in [-0.25, -0.2) is 4.79 Å². The maximum absolute atomic E-state index is 12.4. The average molecular weight is 474 g/mol. The van der Waals surface area contributed by atoms with Crippen LogP contribution in [0.2, 0.25) is 0 Å². The first kappa shape index (κ1) is 23.1. The molecule has 0 bridgehead atoms. The Morgan fingerprint density at radius 1 is 0.912 bits per heavy atom. The van der Waals surface area contributed by atoms with Gasteiger partial charge in [0.1, 0.15) is 11.6 Å². The zero-order valence-electron chi connectivity index (χ0n) is 18.5. The number of methoxy groups -OCH3 is 1. The molecular weight excluding hydrogens is 450 g/mol. The van der Waals surface area contributed by atoms with Crippen LogP contribution in [0, 0.1) is 0 Å². The number of imide groups is 1. The molecule has 4 aromatic rings. The van der Waals surface area contributed by atoms with Crippen LogP contribution in [0.3, 0.4) is 0 Å². The molecule has 0 spiro atoms. The van der Waals surface area contributed by atoms with Crippen molar-refractivity contribution in [2.75, 3.05) is 18.2 Å². The molecule has 0 saturated heterocycles. The van der Waals surface area contributed by atoms with E-state index in [-0.39, 0.29) is 5.75 Å². The average Bonchev–Trinajstić information content (AvgIpc) is 3.26. The summed E-state index contributed by atoms with van der Waals surface area (Å²) < 4.78 is 7.02. The molecule has 2 N–H and O–H groups in total. The number of benzene rings is 3. The van der Waals surface area contributed by atoms with Crippen LogP contribution in [0.15, 0.2) is 90.1 Å². The van der Waals surface area contributed by atoms with Gasteiger partial charge in [-0.2, -0.15) is 0 Å². The fourth-order valence-corrected chi connectivity index (χ4v) is 4.02. The van der Waals surface area contributed by atoms with Gasteiger partial charge in [0.15, 0.2) is 5.16 Å². The first-order chi connectivity index (χ1) is 16.6.